The van der Waals surface area contributed by atoms with E-state index in [0.29, 0.717) is 12.1 Å². The van der Waals surface area contributed by atoms with E-state index in [1.807, 2.05) is 0 Å². The zero-order valence-corrected chi connectivity index (χ0v) is 11.8. The summed E-state index contributed by atoms with van der Waals surface area (Å²) in [7, 11) is 0. The highest BCUT2D eigenvalue weighted by atomic mass is 35.5. The van der Waals surface area contributed by atoms with E-state index in [0.717, 1.165) is 24.1 Å². The molecule has 0 atom stereocenters. The van der Waals surface area contributed by atoms with Gasteiger partial charge in [-0.1, -0.05) is 0 Å². The molecule has 0 saturated heterocycles. The Kier molecular flexibility index (Phi) is 3.43. The van der Waals surface area contributed by atoms with E-state index < -0.39 is 5.97 Å². The van der Waals surface area contributed by atoms with E-state index in [4.69, 9.17) is 21.1 Å². The van der Waals surface area contributed by atoms with Crippen LogP contribution in [0.3, 0.4) is 0 Å². The number of rotatable bonds is 2. The topological polar surface area (TPSA) is 70.8 Å². The third kappa shape index (κ3) is 2.40. The summed E-state index contributed by atoms with van der Waals surface area (Å²) in [5, 5.41) is 9.10. The van der Waals surface area contributed by atoms with Crippen molar-refractivity contribution in [1.82, 2.24) is 0 Å². The third-order valence-corrected chi connectivity index (χ3v) is 3.83. The van der Waals surface area contributed by atoms with Crippen LogP contribution in [0.5, 0.6) is 0 Å². The van der Waals surface area contributed by atoms with Crippen LogP contribution in [0.2, 0.25) is 5.22 Å². The molecule has 3 rings (SSSR count). The second-order valence-electron chi connectivity index (χ2n) is 4.82. The molecule has 0 aliphatic carbocycles. The van der Waals surface area contributed by atoms with Gasteiger partial charge in [-0.05, 0) is 54.3 Å². The molecule has 1 N–H and O–H groups in total. The van der Waals surface area contributed by atoms with Gasteiger partial charge in [-0.3, -0.25) is 4.79 Å². The number of carbonyl (C=O) groups is 2. The van der Waals surface area contributed by atoms with Gasteiger partial charge in [-0.25, -0.2) is 4.79 Å². The smallest absolute Gasteiger partial charge is 0.335 e. The number of carboxylic acid groups (broad SMARTS) is 1. The van der Waals surface area contributed by atoms with Crippen molar-refractivity contribution >= 4 is 29.2 Å². The molecule has 1 aromatic heterocycles. The van der Waals surface area contributed by atoms with Crippen LogP contribution in [0.25, 0.3) is 0 Å². The van der Waals surface area contributed by atoms with Gasteiger partial charge in [0.2, 0.25) is 5.22 Å². The number of amides is 1. The van der Waals surface area contributed by atoms with Crippen LogP contribution >= 0.6 is 11.6 Å². The Labute approximate surface area is 125 Å². The molecular weight excluding hydrogens is 294 g/mol. The van der Waals surface area contributed by atoms with Crippen molar-refractivity contribution in [3.8, 4) is 0 Å². The van der Waals surface area contributed by atoms with Crippen molar-refractivity contribution in [1.29, 1.82) is 0 Å². The van der Waals surface area contributed by atoms with Crippen molar-refractivity contribution < 1.29 is 19.1 Å². The van der Waals surface area contributed by atoms with Crippen molar-refractivity contribution in [2.45, 2.75) is 12.8 Å². The lowest BCUT2D eigenvalue weighted by Crippen LogP contribution is -2.35. The molecule has 1 amide bonds. The normalized spacial score (nSPS) is 13.9. The Balaban J connectivity index is 1.99. The molecule has 0 saturated carbocycles. The van der Waals surface area contributed by atoms with Crippen LogP contribution in [0.4, 0.5) is 5.69 Å². The zero-order chi connectivity index (χ0) is 15.0. The Morgan fingerprint density at radius 1 is 1.29 bits per heavy atom. The van der Waals surface area contributed by atoms with Gasteiger partial charge in [0.1, 0.15) is 0 Å². The third-order valence-electron chi connectivity index (χ3n) is 3.54. The molecule has 21 heavy (non-hydrogen) atoms. The van der Waals surface area contributed by atoms with Gasteiger partial charge in [0.05, 0.1) is 17.4 Å². The molecule has 6 heteroatoms. The second-order valence-corrected chi connectivity index (χ2v) is 5.16. The van der Waals surface area contributed by atoms with E-state index in [1.165, 1.54) is 18.4 Å². The molecule has 1 aromatic carbocycles. The van der Waals surface area contributed by atoms with Crippen LogP contribution in [0.15, 0.2) is 34.9 Å². The van der Waals surface area contributed by atoms with Crippen molar-refractivity contribution in [2.75, 3.05) is 11.4 Å². The number of carboxylic acids is 1. The number of nitrogens with zero attached hydrogens (tertiary/aromatic N) is 1. The van der Waals surface area contributed by atoms with E-state index in [9.17, 15) is 9.59 Å². The highest BCUT2D eigenvalue weighted by molar-refractivity contribution is 6.32. The lowest BCUT2D eigenvalue weighted by atomic mass is 9.98. The molecule has 0 spiro atoms. The lowest BCUT2D eigenvalue weighted by molar-refractivity contribution is 0.0696. The van der Waals surface area contributed by atoms with Crippen LogP contribution in [0.1, 0.15) is 32.7 Å². The molecule has 2 aromatic rings. The zero-order valence-electron chi connectivity index (χ0n) is 11.0. The van der Waals surface area contributed by atoms with E-state index >= 15 is 0 Å². The molecule has 0 radical (unpaired) electrons. The molecule has 5 nitrogen and oxygen atoms in total. The Bertz CT molecular complexity index is 722. The van der Waals surface area contributed by atoms with E-state index in [-0.39, 0.29) is 16.7 Å². The van der Waals surface area contributed by atoms with Gasteiger partial charge in [0, 0.05) is 12.2 Å². The number of anilines is 1. The first-order chi connectivity index (χ1) is 10.1. The first-order valence-corrected chi connectivity index (χ1v) is 6.87. The fourth-order valence-electron chi connectivity index (χ4n) is 2.53. The standard InChI is InChI=1S/C15H12ClNO4/c16-13-11(5-7-21-13)14(18)17-6-1-2-9-8-10(15(19)20)3-4-12(9)17/h3-5,7-8H,1-2,6H2,(H,19,20). The van der Waals surface area contributed by atoms with E-state index in [2.05, 4.69) is 0 Å². The Morgan fingerprint density at radius 3 is 2.76 bits per heavy atom. The van der Waals surface area contributed by atoms with Gasteiger partial charge in [-0.2, -0.15) is 0 Å². The minimum absolute atomic E-state index is 0.0641. The number of furan rings is 1. The van der Waals surface area contributed by atoms with Gasteiger partial charge in [-0.15, -0.1) is 0 Å². The summed E-state index contributed by atoms with van der Waals surface area (Å²) in [5.74, 6) is -1.21. The largest absolute Gasteiger partial charge is 0.478 e. The van der Waals surface area contributed by atoms with E-state index in [1.54, 1.807) is 17.0 Å². The van der Waals surface area contributed by atoms with Crippen LogP contribution in [-0.2, 0) is 6.42 Å². The molecule has 108 valence electrons. The highest BCUT2D eigenvalue weighted by Crippen LogP contribution is 2.30. The number of benzene rings is 1. The van der Waals surface area contributed by atoms with Gasteiger partial charge in [0.15, 0.2) is 0 Å². The second kappa shape index (κ2) is 5.26. The Morgan fingerprint density at radius 2 is 2.10 bits per heavy atom. The maximum atomic E-state index is 12.5. The molecule has 0 bridgehead atoms. The molecule has 0 fully saturated rings. The summed E-state index contributed by atoms with van der Waals surface area (Å²) in [6.45, 7) is 0.569. The average Bonchev–Trinajstić information content (AvgIpc) is 2.91. The molecule has 0 unspecified atom stereocenters. The summed E-state index contributed by atoms with van der Waals surface area (Å²) in [4.78, 5) is 25.2. The molecular formula is C15H12ClNO4. The quantitative estimate of drug-likeness (QED) is 0.924. The number of halogens is 1. The monoisotopic (exact) mass is 305 g/mol. The molecule has 2 heterocycles. The first kappa shape index (κ1) is 13.7. The fourth-order valence-corrected chi connectivity index (χ4v) is 2.73. The summed E-state index contributed by atoms with van der Waals surface area (Å²) < 4.78 is 4.96. The van der Waals surface area contributed by atoms with Crippen LogP contribution in [0, 0.1) is 0 Å². The van der Waals surface area contributed by atoms with Gasteiger partial charge in [0.25, 0.3) is 5.91 Å². The summed E-state index contributed by atoms with van der Waals surface area (Å²) in [6.07, 6.45) is 2.89. The number of carbonyl (C=O) groups excluding carboxylic acids is 1. The number of hydrogen-bond donors (Lipinski definition) is 1. The SMILES string of the molecule is O=C(O)c1ccc2c(c1)CCCN2C(=O)c1ccoc1Cl. The number of aromatic carboxylic acids is 1. The predicted octanol–water partition coefficient (Wildman–Crippen LogP) is 3.22. The summed E-state index contributed by atoms with van der Waals surface area (Å²) >= 11 is 5.86. The number of hydrogen-bond acceptors (Lipinski definition) is 3. The minimum atomic E-state index is -0.973. The van der Waals surface area contributed by atoms with Gasteiger partial charge >= 0.3 is 5.97 Å². The molecule has 1 aliphatic heterocycles. The lowest BCUT2D eigenvalue weighted by Gasteiger charge is -2.29. The number of aryl methyl sites for hydroxylation is 1. The fraction of sp³-hybridized carbons (Fsp3) is 0.200. The summed E-state index contributed by atoms with van der Waals surface area (Å²) in [6, 6.07) is 6.33. The highest BCUT2D eigenvalue weighted by Gasteiger charge is 2.26. The van der Waals surface area contributed by atoms with Crippen LogP contribution in [-0.4, -0.2) is 23.5 Å². The maximum absolute atomic E-state index is 12.5. The minimum Gasteiger partial charge on any atom is -0.478 e. The Hall–Kier alpha value is -2.27. The van der Waals surface area contributed by atoms with Crippen molar-refractivity contribution in [2.24, 2.45) is 0 Å². The van der Waals surface area contributed by atoms with Gasteiger partial charge < -0.3 is 14.4 Å². The first-order valence-electron chi connectivity index (χ1n) is 6.49. The average molecular weight is 306 g/mol. The number of fused-ring (bicyclic) bond motifs is 1. The van der Waals surface area contributed by atoms with Crippen LogP contribution < -0.4 is 4.90 Å². The van der Waals surface area contributed by atoms with Crippen molar-refractivity contribution in [3.05, 3.63) is 52.4 Å². The van der Waals surface area contributed by atoms with Crippen molar-refractivity contribution in [3.63, 3.8) is 0 Å². The summed E-state index contributed by atoms with van der Waals surface area (Å²) in [5.41, 5.74) is 2.12. The maximum Gasteiger partial charge on any atom is 0.335 e. The molecule has 1 aliphatic rings. The predicted molar refractivity (Wildman–Crippen MR) is 77.1 cm³/mol.